The molecule has 11 aromatic rings. The molecule has 0 fully saturated rings. The number of fused-ring (bicyclic) bond motifs is 14. The van der Waals surface area contributed by atoms with Gasteiger partial charge in [0.1, 0.15) is 11.5 Å². The van der Waals surface area contributed by atoms with Crippen molar-refractivity contribution < 1.29 is 32.7 Å². The normalized spacial score (nSPS) is 15.7. The number of allylic oxidation sites excluding steroid dienone is 5. The van der Waals surface area contributed by atoms with Crippen molar-refractivity contribution in [2.75, 3.05) is 55.5 Å². The van der Waals surface area contributed by atoms with Crippen LogP contribution < -0.4 is 14.7 Å². The van der Waals surface area contributed by atoms with E-state index < -0.39 is 0 Å². The van der Waals surface area contributed by atoms with E-state index in [1.54, 1.807) is 19.2 Å². The fourth-order valence-electron chi connectivity index (χ4n) is 11.2. The van der Waals surface area contributed by atoms with E-state index in [1.807, 2.05) is 59.5 Å². The molecular weight excluding hydrogens is 1120 g/mol. The average Bonchev–Trinajstić information content (AvgIpc) is 3.92. The Bertz CT molecular complexity index is 4100. The molecule has 6 aliphatic rings. The van der Waals surface area contributed by atoms with Gasteiger partial charge in [0.15, 0.2) is 0 Å². The molecule has 0 bridgehead atoms. The zero-order chi connectivity index (χ0) is 57.4. The third-order valence-corrected chi connectivity index (χ3v) is 15.7. The van der Waals surface area contributed by atoms with E-state index in [0.717, 1.165) is 103 Å². The average molecular weight is 1190 g/mol. The topological polar surface area (TPSA) is 124 Å². The molecule has 0 N–H and O–H groups in total. The van der Waals surface area contributed by atoms with Crippen LogP contribution in [0.5, 0.6) is 0 Å². The largest absolute Gasteiger partial charge is 0.390 e. The number of nitrogens with zero attached hydrogens (tertiary/aromatic N) is 15. The van der Waals surface area contributed by atoms with Crippen molar-refractivity contribution in [3.05, 3.63) is 211 Å². The Hall–Kier alpha value is -8.27. The second kappa shape index (κ2) is 27.0. The molecule has 7 aromatic heterocycles. The van der Waals surface area contributed by atoms with Crippen molar-refractivity contribution in [3.63, 3.8) is 0 Å². The van der Waals surface area contributed by atoms with Gasteiger partial charge in [-0.2, -0.15) is 6.07 Å². The molecule has 1 aliphatic carbocycles. The fourth-order valence-corrected chi connectivity index (χ4v) is 11.2. The zero-order valence-electron chi connectivity index (χ0n) is 49.4. The molecule has 0 amide bonds. The maximum Gasteiger partial charge on any atom is 0.206 e. The van der Waals surface area contributed by atoms with Crippen LogP contribution >= 0.6 is 0 Å². The van der Waals surface area contributed by atoms with Gasteiger partial charge in [-0.1, -0.05) is 73.8 Å². The van der Waals surface area contributed by atoms with Gasteiger partial charge in [-0.3, -0.25) is 11.1 Å². The molecule has 425 valence electrons. The van der Waals surface area contributed by atoms with E-state index in [2.05, 4.69) is 219 Å². The number of benzene rings is 4. The smallest absolute Gasteiger partial charge is 0.206 e. The number of imidazole rings is 4. The van der Waals surface area contributed by atoms with Gasteiger partial charge in [-0.05, 0) is 117 Å². The number of anilines is 3. The number of likely N-dealkylation sites (N-methyl/N-ethyl adjacent to an activating group) is 1. The Balaban J connectivity index is 0.000000110. The van der Waals surface area contributed by atoms with Crippen molar-refractivity contribution in [1.29, 1.82) is 0 Å². The maximum atomic E-state index is 5.44. The minimum absolute atomic E-state index is 0. The van der Waals surface area contributed by atoms with E-state index in [4.69, 9.17) is 6.58 Å². The van der Waals surface area contributed by atoms with Gasteiger partial charge < -0.3 is 54.5 Å². The molecule has 0 spiro atoms. The van der Waals surface area contributed by atoms with Crippen molar-refractivity contribution in [2.45, 2.75) is 85.5 Å². The second-order valence-electron chi connectivity index (χ2n) is 21.7. The molecule has 4 aromatic carbocycles. The molecule has 1 unspecified atom stereocenters. The van der Waals surface area contributed by atoms with Crippen LogP contribution in [0.2, 0.25) is 0 Å². The Morgan fingerprint density at radius 3 is 1.63 bits per heavy atom. The summed E-state index contributed by atoms with van der Waals surface area (Å²) >= 11 is 0. The van der Waals surface area contributed by atoms with Crippen LogP contribution in [0.3, 0.4) is 0 Å². The number of hydrogen-bond acceptors (Lipinski definition) is 10. The predicted molar refractivity (Wildman–Crippen MR) is 340 cm³/mol. The number of aromatic nitrogens is 11. The third kappa shape index (κ3) is 12.9. The van der Waals surface area contributed by atoms with Crippen LogP contribution in [-0.4, -0.2) is 99.6 Å². The van der Waals surface area contributed by atoms with Crippen LogP contribution in [0.1, 0.15) is 69.5 Å². The number of rotatable bonds is 1. The minimum Gasteiger partial charge on any atom is -0.390 e. The number of para-hydroxylation sites is 8. The van der Waals surface area contributed by atoms with Crippen LogP contribution in [-0.2, 0) is 58.9 Å². The summed E-state index contributed by atoms with van der Waals surface area (Å²) in [6.07, 6.45) is 20.5. The van der Waals surface area contributed by atoms with E-state index in [1.165, 1.54) is 70.3 Å². The number of aryl methyl sites for hydroxylation is 4. The summed E-state index contributed by atoms with van der Waals surface area (Å²) in [5.41, 5.74) is 16.9. The van der Waals surface area contributed by atoms with Crippen LogP contribution in [0, 0.1) is 19.6 Å². The first-order valence-corrected chi connectivity index (χ1v) is 28.9. The monoisotopic (exact) mass is 1190 g/mol. The minimum atomic E-state index is 0. The SMILES string of the molecule is CC1=C2N=CC=C2C=C1.CC1CCn2c1nc1ccccc12.CN1CCCCn2c1nc1ccccc12.CN1CCCn2c1nc1ccccc12.CN1CCn2c1nc1ccccc12.Cc1ccn2cccnc12.[CH-]=C(C)c1[c-]cccn1.[Y]. The van der Waals surface area contributed by atoms with Crippen molar-refractivity contribution in [3.8, 4) is 0 Å². The Morgan fingerprint density at radius 2 is 1.07 bits per heavy atom. The van der Waals surface area contributed by atoms with Crippen molar-refractivity contribution in [1.82, 2.24) is 52.6 Å². The van der Waals surface area contributed by atoms with Crippen LogP contribution in [0.25, 0.3) is 55.4 Å². The molecule has 15 nitrogen and oxygen atoms in total. The molecule has 12 heterocycles. The quantitative estimate of drug-likeness (QED) is 0.148. The molecule has 0 saturated carbocycles. The van der Waals surface area contributed by atoms with Gasteiger partial charge in [-0.15, -0.1) is 13.0 Å². The van der Waals surface area contributed by atoms with E-state index in [-0.39, 0.29) is 32.7 Å². The molecule has 16 heteroatoms. The molecule has 1 radical (unpaired) electrons. The number of aliphatic imine (C=N–C) groups is 1. The molecule has 5 aliphatic heterocycles. The fraction of sp³-hybridized carbons (Fsp3) is 0.279. The summed E-state index contributed by atoms with van der Waals surface area (Å²) in [6.45, 7) is 21.3. The van der Waals surface area contributed by atoms with Crippen LogP contribution in [0.4, 0.5) is 17.8 Å². The van der Waals surface area contributed by atoms with Gasteiger partial charge in [-0.25, -0.2) is 30.6 Å². The Morgan fingerprint density at radius 1 is 0.548 bits per heavy atom. The summed E-state index contributed by atoms with van der Waals surface area (Å²) < 4.78 is 11.3. The molecule has 1 atom stereocenters. The molecule has 84 heavy (non-hydrogen) atoms. The van der Waals surface area contributed by atoms with Crippen LogP contribution in [0.15, 0.2) is 186 Å². The summed E-state index contributed by atoms with van der Waals surface area (Å²) in [6, 6.07) is 43.9. The summed E-state index contributed by atoms with van der Waals surface area (Å²) in [4.78, 5) is 37.5. The maximum absolute atomic E-state index is 5.44. The Kier molecular flexibility index (Phi) is 18.9. The third-order valence-electron chi connectivity index (χ3n) is 15.7. The summed E-state index contributed by atoms with van der Waals surface area (Å²) in [7, 11) is 6.32. The Labute approximate surface area is 518 Å². The van der Waals surface area contributed by atoms with Gasteiger partial charge in [0, 0.05) is 136 Å². The first kappa shape index (κ1) is 58.9. The first-order chi connectivity index (χ1) is 40.5. The summed E-state index contributed by atoms with van der Waals surface area (Å²) in [5, 5.41) is 0. The van der Waals surface area contributed by atoms with E-state index in [0.29, 0.717) is 11.5 Å². The zero-order valence-corrected chi connectivity index (χ0v) is 52.2. The summed E-state index contributed by atoms with van der Waals surface area (Å²) in [5.74, 6) is 5.22. The van der Waals surface area contributed by atoms with Gasteiger partial charge in [0.25, 0.3) is 0 Å². The number of hydrogen-bond donors (Lipinski definition) is 0. The van der Waals surface area contributed by atoms with Crippen molar-refractivity contribution >= 4 is 79.4 Å². The van der Waals surface area contributed by atoms with Crippen molar-refractivity contribution in [2.24, 2.45) is 4.99 Å². The van der Waals surface area contributed by atoms with E-state index in [9.17, 15) is 0 Å². The molecular formula is C68H73N15Y-2. The van der Waals surface area contributed by atoms with Gasteiger partial charge in [0.05, 0.1) is 49.8 Å². The molecule has 17 rings (SSSR count). The van der Waals surface area contributed by atoms with Gasteiger partial charge in [0.2, 0.25) is 17.8 Å². The predicted octanol–water partition coefficient (Wildman–Crippen LogP) is 13.4. The van der Waals surface area contributed by atoms with E-state index >= 15 is 0 Å². The van der Waals surface area contributed by atoms with Gasteiger partial charge >= 0.3 is 0 Å². The number of pyridine rings is 1. The molecule has 0 saturated heterocycles. The first-order valence-electron chi connectivity index (χ1n) is 28.9. The second-order valence-corrected chi connectivity index (χ2v) is 21.7. The standard InChI is InChI=1S/C12H15N3.C11H13N3.C11H12N2.C10H11N3.C8H8N2.2C8H7N.Y/c1-14-8-4-5-9-15-11-7-3-2-6-10(11)13-12(14)15;1-13-7-4-8-14-10-6-3-2-5-9(10)12-11(13)14;1-8-6-7-13-10-5-3-2-4-9(10)12-11(8)13;1-12-6-7-13-9-5-3-2-4-8(9)11-10(12)13;1-7-3-6-10-5-2-4-9-8(7)10;1-6-2-3-7-4-5-9-8(6)7;1-7(2)8-5-3-4-6-9-8;/h2-3,6-7H,4-5,8-9H2,1H3;2-3,5-6H,4,7-8H2,1H3;2-5,8H,6-7H2,1H3;2-5H,6-7H2,1H3;2-6H,1H3;2-5H,1H3;1,3-4,6H,2H3;/q;;;;;;-2;.